The predicted molar refractivity (Wildman–Crippen MR) is 81.2 cm³/mol. The normalized spacial score (nSPS) is 9.80. The lowest BCUT2D eigenvalue weighted by Crippen LogP contribution is -2.17. The zero-order chi connectivity index (χ0) is 15.2. The molecule has 0 bridgehead atoms. The molecule has 0 atom stereocenters. The molecule has 1 rings (SSSR count). The van der Waals surface area contributed by atoms with Gasteiger partial charge in [-0.3, -0.25) is 9.48 Å². The molecule has 0 saturated heterocycles. The Bertz CT molecular complexity index is 360. The smallest absolute Gasteiger partial charge is 0.219 e. The highest BCUT2D eigenvalue weighted by molar-refractivity contribution is 7.94. The van der Waals surface area contributed by atoms with Gasteiger partial charge in [0.1, 0.15) is 0 Å². The largest absolute Gasteiger partial charge is 0.359 e. The standard InChI is InChI=1S/C11H19FN4OS.C2H6/c1-13-11(17)6-2-3-7-16-9-10(14-15-16)5-4-8-18-12;1-2/h9H,2-8H2,1H3,(H,13,17);1-2H3. The van der Waals surface area contributed by atoms with Gasteiger partial charge in [-0.2, -0.15) is 3.89 Å². The van der Waals surface area contributed by atoms with E-state index >= 15 is 0 Å². The summed E-state index contributed by atoms with van der Waals surface area (Å²) in [5.41, 5.74) is 0.898. The van der Waals surface area contributed by atoms with Gasteiger partial charge in [0.2, 0.25) is 5.91 Å². The van der Waals surface area contributed by atoms with E-state index in [4.69, 9.17) is 0 Å². The summed E-state index contributed by atoms with van der Waals surface area (Å²) in [4.78, 5) is 11.0. The molecular weight excluding hydrogens is 279 g/mol. The summed E-state index contributed by atoms with van der Waals surface area (Å²) in [6, 6.07) is 0. The fourth-order valence-corrected chi connectivity index (χ4v) is 1.81. The molecule has 0 fully saturated rings. The van der Waals surface area contributed by atoms with Crippen LogP contribution in [0.25, 0.3) is 0 Å². The minimum Gasteiger partial charge on any atom is -0.359 e. The van der Waals surface area contributed by atoms with Crippen LogP contribution >= 0.6 is 12.1 Å². The molecule has 1 N–H and O–H groups in total. The Morgan fingerprint density at radius 2 is 2.15 bits per heavy atom. The lowest BCUT2D eigenvalue weighted by molar-refractivity contribution is -0.120. The molecule has 0 unspecified atom stereocenters. The Labute approximate surface area is 125 Å². The number of nitrogens with zero attached hydrogens (tertiary/aromatic N) is 3. The molecule has 0 aliphatic carbocycles. The van der Waals surface area contributed by atoms with E-state index < -0.39 is 0 Å². The summed E-state index contributed by atoms with van der Waals surface area (Å²) in [7, 11) is 1.64. The molecule has 0 radical (unpaired) electrons. The van der Waals surface area contributed by atoms with Gasteiger partial charge in [0, 0.05) is 44.1 Å². The molecule has 1 aromatic rings. The minimum atomic E-state index is 0.0676. The van der Waals surface area contributed by atoms with E-state index in [1.165, 1.54) is 0 Å². The van der Waals surface area contributed by atoms with Gasteiger partial charge in [-0.05, 0) is 25.7 Å². The molecule has 0 spiro atoms. The maximum atomic E-state index is 11.8. The maximum absolute atomic E-state index is 11.8. The first-order valence-corrected chi connectivity index (χ1v) is 7.98. The molecule has 0 aliphatic rings. The van der Waals surface area contributed by atoms with Crippen LogP contribution in [0, 0.1) is 0 Å². The number of hydrogen-bond donors (Lipinski definition) is 1. The van der Waals surface area contributed by atoms with Crippen molar-refractivity contribution >= 4 is 18.1 Å². The van der Waals surface area contributed by atoms with Crippen LogP contribution in [0.15, 0.2) is 6.20 Å². The Balaban J connectivity index is 0.00000172. The number of aromatic nitrogens is 3. The zero-order valence-corrected chi connectivity index (χ0v) is 13.4. The average molecular weight is 304 g/mol. The van der Waals surface area contributed by atoms with Crippen LogP contribution < -0.4 is 5.32 Å². The van der Waals surface area contributed by atoms with Crippen molar-refractivity contribution in [3.8, 4) is 0 Å². The van der Waals surface area contributed by atoms with Gasteiger partial charge in [0.05, 0.1) is 5.69 Å². The van der Waals surface area contributed by atoms with Crippen LogP contribution in [0.2, 0.25) is 0 Å². The third kappa shape index (κ3) is 8.90. The third-order valence-corrected chi connectivity index (χ3v) is 3.00. The maximum Gasteiger partial charge on any atom is 0.219 e. The van der Waals surface area contributed by atoms with E-state index in [0.29, 0.717) is 24.3 Å². The second-order valence-electron chi connectivity index (χ2n) is 4.02. The quantitative estimate of drug-likeness (QED) is 0.713. The minimum absolute atomic E-state index is 0.0676. The number of amides is 1. The number of halogens is 1. The van der Waals surface area contributed by atoms with Crippen LogP contribution in [0.4, 0.5) is 3.89 Å². The van der Waals surface area contributed by atoms with E-state index in [-0.39, 0.29) is 5.91 Å². The van der Waals surface area contributed by atoms with E-state index in [1.807, 2.05) is 20.0 Å². The van der Waals surface area contributed by atoms with Crippen LogP contribution in [0.5, 0.6) is 0 Å². The van der Waals surface area contributed by atoms with Crippen molar-refractivity contribution in [3.63, 3.8) is 0 Å². The van der Waals surface area contributed by atoms with Gasteiger partial charge in [-0.1, -0.05) is 19.1 Å². The second kappa shape index (κ2) is 12.9. The Morgan fingerprint density at radius 1 is 1.40 bits per heavy atom. The van der Waals surface area contributed by atoms with Gasteiger partial charge >= 0.3 is 0 Å². The molecule has 116 valence electrons. The van der Waals surface area contributed by atoms with Gasteiger partial charge < -0.3 is 5.32 Å². The van der Waals surface area contributed by atoms with Gasteiger partial charge in [0.15, 0.2) is 0 Å². The Hall–Kier alpha value is -1.11. The molecule has 1 aromatic heterocycles. The number of carbonyl (C=O) groups is 1. The number of unbranched alkanes of at least 4 members (excludes halogenated alkanes) is 1. The average Bonchev–Trinajstić information content (AvgIpc) is 2.93. The van der Waals surface area contributed by atoms with Crippen molar-refractivity contribution in [2.24, 2.45) is 0 Å². The van der Waals surface area contributed by atoms with Crippen LogP contribution in [-0.2, 0) is 17.8 Å². The summed E-state index contributed by atoms with van der Waals surface area (Å²) in [5, 5.41) is 10.6. The summed E-state index contributed by atoms with van der Waals surface area (Å²) >= 11 is 0.356. The molecule has 0 aromatic carbocycles. The monoisotopic (exact) mass is 304 g/mol. The van der Waals surface area contributed by atoms with Gasteiger partial charge in [-0.15, -0.1) is 5.10 Å². The van der Waals surface area contributed by atoms with E-state index in [0.717, 1.165) is 37.9 Å². The van der Waals surface area contributed by atoms with Crippen LogP contribution in [0.1, 0.15) is 45.2 Å². The molecule has 0 aliphatic heterocycles. The van der Waals surface area contributed by atoms with Gasteiger partial charge in [-0.25, -0.2) is 0 Å². The number of aryl methyl sites for hydroxylation is 2. The number of nitrogens with one attached hydrogen (secondary N) is 1. The molecule has 20 heavy (non-hydrogen) atoms. The third-order valence-electron chi connectivity index (χ3n) is 2.56. The Morgan fingerprint density at radius 3 is 2.80 bits per heavy atom. The first-order chi connectivity index (χ1) is 9.76. The molecule has 7 heteroatoms. The first kappa shape index (κ1) is 18.9. The van der Waals surface area contributed by atoms with Crippen LogP contribution in [-0.4, -0.2) is 33.7 Å². The Kier molecular flexibility index (Phi) is 12.2. The highest BCUT2D eigenvalue weighted by Gasteiger charge is 2.02. The van der Waals surface area contributed by atoms with E-state index in [2.05, 4.69) is 15.6 Å². The molecular formula is C13H25FN4OS. The molecule has 0 saturated carbocycles. The van der Waals surface area contributed by atoms with Crippen molar-refractivity contribution in [1.29, 1.82) is 0 Å². The molecule has 1 amide bonds. The van der Waals surface area contributed by atoms with Crippen molar-refractivity contribution in [2.75, 3.05) is 12.8 Å². The highest BCUT2D eigenvalue weighted by Crippen LogP contribution is 2.06. The van der Waals surface area contributed by atoms with E-state index in [9.17, 15) is 8.68 Å². The highest BCUT2D eigenvalue weighted by atomic mass is 32.2. The fraction of sp³-hybridized carbons (Fsp3) is 0.769. The van der Waals surface area contributed by atoms with Crippen molar-refractivity contribution in [3.05, 3.63) is 11.9 Å². The summed E-state index contributed by atoms with van der Waals surface area (Å²) in [5.74, 6) is 0.567. The topological polar surface area (TPSA) is 59.8 Å². The van der Waals surface area contributed by atoms with E-state index in [1.54, 1.807) is 11.7 Å². The predicted octanol–water partition coefficient (Wildman–Crippen LogP) is 2.77. The SMILES string of the molecule is CC.CNC(=O)CCCCn1cc(CCCSF)nn1. The van der Waals surface area contributed by atoms with Crippen LogP contribution in [0.3, 0.4) is 0 Å². The first-order valence-electron chi connectivity index (χ1n) is 7.09. The molecule has 5 nitrogen and oxygen atoms in total. The lowest BCUT2D eigenvalue weighted by atomic mass is 10.2. The lowest BCUT2D eigenvalue weighted by Gasteiger charge is -2.00. The zero-order valence-electron chi connectivity index (χ0n) is 12.6. The summed E-state index contributed by atoms with van der Waals surface area (Å²) in [6.07, 6.45) is 5.71. The second-order valence-corrected chi connectivity index (χ2v) is 4.65. The number of carbonyl (C=O) groups excluding carboxylic acids is 1. The van der Waals surface area contributed by atoms with Gasteiger partial charge in [0.25, 0.3) is 0 Å². The summed E-state index contributed by atoms with van der Waals surface area (Å²) in [6.45, 7) is 4.77. The summed E-state index contributed by atoms with van der Waals surface area (Å²) < 4.78 is 13.6. The number of rotatable bonds is 9. The van der Waals surface area contributed by atoms with Crippen molar-refractivity contribution in [2.45, 2.75) is 52.5 Å². The van der Waals surface area contributed by atoms with Crippen molar-refractivity contribution in [1.82, 2.24) is 20.3 Å². The molecule has 1 heterocycles. The van der Waals surface area contributed by atoms with Crippen molar-refractivity contribution < 1.29 is 8.68 Å². The fourth-order valence-electron chi connectivity index (χ4n) is 1.55. The number of hydrogen-bond acceptors (Lipinski definition) is 4.